The Hall–Kier alpha value is -1.39. The molecule has 0 heterocycles. The van der Waals surface area contributed by atoms with Crippen LogP contribution in [0.5, 0.6) is 11.5 Å². The van der Waals surface area contributed by atoms with Crippen molar-refractivity contribution in [2.45, 2.75) is 6.54 Å². The van der Waals surface area contributed by atoms with Crippen LogP contribution < -0.4 is 10.1 Å². The molecule has 0 bridgehead atoms. The Morgan fingerprint density at radius 2 is 1.95 bits per heavy atom. The van der Waals surface area contributed by atoms with Gasteiger partial charge in [0.05, 0.1) is 11.6 Å². The number of rotatable bonds is 4. The number of phenolic OH excluding ortho intramolecular Hbond substituents is 1. The van der Waals surface area contributed by atoms with Gasteiger partial charge in [-0.15, -0.1) is 0 Å². The Balaban J connectivity index is 2.11. The van der Waals surface area contributed by atoms with E-state index >= 15 is 0 Å². The van der Waals surface area contributed by atoms with Crippen LogP contribution in [0.15, 0.2) is 40.9 Å². The van der Waals surface area contributed by atoms with Crippen molar-refractivity contribution >= 4 is 33.2 Å². The maximum absolute atomic E-state index is 9.73. The minimum Gasteiger partial charge on any atom is -0.503 e. The largest absolute Gasteiger partial charge is 0.503 e. The fourth-order valence-corrected chi connectivity index (χ4v) is 2.27. The normalized spacial score (nSPS) is 10.3. The second-order valence-corrected chi connectivity index (χ2v) is 5.28. The number of nitrogens with one attached hydrogen (secondary N) is 1. The van der Waals surface area contributed by atoms with Crippen molar-refractivity contribution < 1.29 is 9.84 Å². The molecule has 0 atom stereocenters. The zero-order valence-corrected chi connectivity index (χ0v) is 12.6. The van der Waals surface area contributed by atoms with Crippen LogP contribution in [-0.2, 0) is 6.54 Å². The van der Waals surface area contributed by atoms with Crippen LogP contribution in [0.2, 0.25) is 5.02 Å². The van der Waals surface area contributed by atoms with Gasteiger partial charge in [-0.2, -0.15) is 0 Å². The molecule has 0 aromatic heterocycles. The Labute approximate surface area is 125 Å². The van der Waals surface area contributed by atoms with Gasteiger partial charge in [-0.3, -0.25) is 0 Å². The number of methoxy groups -OCH3 is 1. The van der Waals surface area contributed by atoms with E-state index in [1.807, 2.05) is 30.3 Å². The number of benzene rings is 2. The van der Waals surface area contributed by atoms with Crippen LogP contribution in [-0.4, -0.2) is 12.2 Å². The van der Waals surface area contributed by atoms with Crippen LogP contribution in [0.4, 0.5) is 5.69 Å². The summed E-state index contributed by atoms with van der Waals surface area (Å²) in [6.07, 6.45) is 0. The van der Waals surface area contributed by atoms with E-state index in [9.17, 15) is 5.11 Å². The molecule has 5 heteroatoms. The average Bonchev–Trinajstić information content (AvgIpc) is 2.41. The molecule has 19 heavy (non-hydrogen) atoms. The highest BCUT2D eigenvalue weighted by molar-refractivity contribution is 9.10. The number of hydrogen-bond acceptors (Lipinski definition) is 3. The van der Waals surface area contributed by atoms with Crippen LogP contribution in [0.1, 0.15) is 5.56 Å². The van der Waals surface area contributed by atoms with Gasteiger partial charge in [0.25, 0.3) is 0 Å². The highest BCUT2D eigenvalue weighted by Gasteiger charge is 2.08. The molecular formula is C14H13BrClNO2. The van der Waals surface area contributed by atoms with Gasteiger partial charge >= 0.3 is 0 Å². The second-order valence-electron chi connectivity index (χ2n) is 3.99. The predicted molar refractivity (Wildman–Crippen MR) is 81.1 cm³/mol. The van der Waals surface area contributed by atoms with Gasteiger partial charge in [-0.05, 0) is 57.9 Å². The van der Waals surface area contributed by atoms with Gasteiger partial charge in [0, 0.05) is 17.3 Å². The summed E-state index contributed by atoms with van der Waals surface area (Å²) < 4.78 is 5.72. The summed E-state index contributed by atoms with van der Waals surface area (Å²) >= 11 is 9.13. The first-order valence-corrected chi connectivity index (χ1v) is 6.82. The van der Waals surface area contributed by atoms with Crippen molar-refractivity contribution in [3.8, 4) is 11.5 Å². The van der Waals surface area contributed by atoms with Crippen molar-refractivity contribution in [3.63, 3.8) is 0 Å². The first kappa shape index (κ1) is 14.0. The third-order valence-corrected chi connectivity index (χ3v) is 3.51. The van der Waals surface area contributed by atoms with E-state index in [2.05, 4.69) is 21.2 Å². The Kier molecular flexibility index (Phi) is 4.56. The van der Waals surface area contributed by atoms with E-state index in [0.29, 0.717) is 21.8 Å². The lowest BCUT2D eigenvalue weighted by Gasteiger charge is -2.10. The van der Waals surface area contributed by atoms with Gasteiger partial charge in [0.2, 0.25) is 0 Å². The number of hydrogen-bond donors (Lipinski definition) is 2. The maximum atomic E-state index is 9.73. The SMILES string of the molecule is COc1cc(CNc2ccc(Cl)cc2)cc(Br)c1O. The second kappa shape index (κ2) is 6.17. The molecule has 3 nitrogen and oxygen atoms in total. The molecule has 2 aromatic rings. The molecule has 0 unspecified atom stereocenters. The van der Waals surface area contributed by atoms with Crippen LogP contribution >= 0.6 is 27.5 Å². The Morgan fingerprint density at radius 3 is 2.58 bits per heavy atom. The topological polar surface area (TPSA) is 41.5 Å². The van der Waals surface area contributed by atoms with Crippen molar-refractivity contribution in [1.29, 1.82) is 0 Å². The van der Waals surface area contributed by atoms with Gasteiger partial charge in [0.15, 0.2) is 11.5 Å². The first-order valence-electron chi connectivity index (χ1n) is 5.65. The third kappa shape index (κ3) is 3.55. The third-order valence-electron chi connectivity index (χ3n) is 2.65. The molecule has 0 saturated heterocycles. The highest BCUT2D eigenvalue weighted by Crippen LogP contribution is 2.35. The van der Waals surface area contributed by atoms with Crippen molar-refractivity contribution in [3.05, 3.63) is 51.5 Å². The van der Waals surface area contributed by atoms with E-state index in [0.717, 1.165) is 11.3 Å². The van der Waals surface area contributed by atoms with Crippen molar-refractivity contribution in [2.24, 2.45) is 0 Å². The first-order chi connectivity index (χ1) is 9.10. The fourth-order valence-electron chi connectivity index (χ4n) is 1.66. The van der Waals surface area contributed by atoms with Gasteiger partial charge in [-0.25, -0.2) is 0 Å². The predicted octanol–water partition coefficient (Wildman–Crippen LogP) is 4.43. The smallest absolute Gasteiger partial charge is 0.172 e. The molecule has 0 radical (unpaired) electrons. The van der Waals surface area contributed by atoms with Crippen LogP contribution in [0.25, 0.3) is 0 Å². The van der Waals surface area contributed by atoms with E-state index in [1.165, 1.54) is 7.11 Å². The summed E-state index contributed by atoms with van der Waals surface area (Å²) in [6.45, 7) is 0.622. The van der Waals surface area contributed by atoms with E-state index in [1.54, 1.807) is 6.07 Å². The molecule has 2 N–H and O–H groups in total. The number of phenols is 1. The van der Waals surface area contributed by atoms with Crippen LogP contribution in [0, 0.1) is 0 Å². The van der Waals surface area contributed by atoms with Gasteiger partial charge < -0.3 is 15.2 Å². The Bertz CT molecular complexity index is 572. The molecule has 0 amide bonds. The summed E-state index contributed by atoms with van der Waals surface area (Å²) in [5.74, 6) is 0.556. The minimum atomic E-state index is 0.109. The van der Waals surface area contributed by atoms with E-state index < -0.39 is 0 Å². The minimum absolute atomic E-state index is 0.109. The lowest BCUT2D eigenvalue weighted by atomic mass is 10.2. The molecule has 0 aliphatic rings. The molecule has 0 aliphatic heterocycles. The highest BCUT2D eigenvalue weighted by atomic mass is 79.9. The quantitative estimate of drug-likeness (QED) is 0.863. The standard InChI is InChI=1S/C14H13BrClNO2/c1-19-13-7-9(6-12(15)14(13)18)8-17-11-4-2-10(16)3-5-11/h2-7,17-18H,8H2,1H3. The molecule has 2 aromatic carbocycles. The number of ether oxygens (including phenoxy) is 1. The molecule has 0 fully saturated rings. The van der Waals surface area contributed by atoms with Gasteiger partial charge in [0.1, 0.15) is 0 Å². The zero-order valence-electron chi connectivity index (χ0n) is 10.3. The molecular weight excluding hydrogens is 330 g/mol. The van der Waals surface area contributed by atoms with Crippen molar-refractivity contribution in [2.75, 3.05) is 12.4 Å². The fraction of sp³-hybridized carbons (Fsp3) is 0.143. The number of anilines is 1. The van der Waals surface area contributed by atoms with E-state index in [4.69, 9.17) is 16.3 Å². The summed E-state index contributed by atoms with van der Waals surface area (Å²) in [5.41, 5.74) is 1.98. The molecule has 0 spiro atoms. The number of halogens is 2. The van der Waals surface area contributed by atoms with Crippen LogP contribution in [0.3, 0.4) is 0 Å². The Morgan fingerprint density at radius 1 is 1.26 bits per heavy atom. The van der Waals surface area contributed by atoms with Gasteiger partial charge in [-0.1, -0.05) is 11.6 Å². The van der Waals surface area contributed by atoms with E-state index in [-0.39, 0.29) is 5.75 Å². The average molecular weight is 343 g/mol. The lowest BCUT2D eigenvalue weighted by molar-refractivity contribution is 0.371. The monoisotopic (exact) mass is 341 g/mol. The molecule has 100 valence electrons. The summed E-state index contributed by atoms with van der Waals surface area (Å²) in [4.78, 5) is 0. The number of aromatic hydroxyl groups is 1. The molecule has 0 aliphatic carbocycles. The summed E-state index contributed by atoms with van der Waals surface area (Å²) in [5, 5.41) is 13.7. The van der Waals surface area contributed by atoms with Crippen molar-refractivity contribution in [1.82, 2.24) is 0 Å². The molecule has 2 rings (SSSR count). The maximum Gasteiger partial charge on any atom is 0.172 e. The lowest BCUT2D eigenvalue weighted by Crippen LogP contribution is -2.00. The summed E-state index contributed by atoms with van der Waals surface area (Å²) in [6, 6.07) is 11.1. The zero-order chi connectivity index (χ0) is 13.8. The summed E-state index contributed by atoms with van der Waals surface area (Å²) in [7, 11) is 1.53. The molecule has 0 saturated carbocycles.